The van der Waals surface area contributed by atoms with Crippen LogP contribution >= 0.6 is 0 Å². The number of carbonyl (C=O) groups is 1. The van der Waals surface area contributed by atoms with Crippen LogP contribution in [0.5, 0.6) is 5.75 Å². The van der Waals surface area contributed by atoms with Gasteiger partial charge in [-0.05, 0) is 18.6 Å². The molecule has 1 atom stereocenters. The molecule has 0 aliphatic carbocycles. The highest BCUT2D eigenvalue weighted by molar-refractivity contribution is 5.75. The summed E-state index contributed by atoms with van der Waals surface area (Å²) in [5, 5.41) is 9.01. The number of methoxy groups -OCH3 is 1. The monoisotopic (exact) mass is 209 g/mol. The van der Waals surface area contributed by atoms with Crippen LogP contribution in [0.15, 0.2) is 18.3 Å². The lowest BCUT2D eigenvalue weighted by atomic mass is 9.99. The van der Waals surface area contributed by atoms with Gasteiger partial charge < -0.3 is 9.84 Å². The van der Waals surface area contributed by atoms with Crippen LogP contribution in [0.1, 0.15) is 31.4 Å². The minimum Gasteiger partial charge on any atom is -0.495 e. The van der Waals surface area contributed by atoms with E-state index in [-0.39, 0.29) is 0 Å². The summed E-state index contributed by atoms with van der Waals surface area (Å²) in [4.78, 5) is 15.1. The van der Waals surface area contributed by atoms with Crippen molar-refractivity contribution in [2.45, 2.75) is 25.7 Å². The number of hydrogen-bond acceptors (Lipinski definition) is 3. The molecule has 1 unspecified atom stereocenters. The van der Waals surface area contributed by atoms with Crippen LogP contribution in [-0.4, -0.2) is 23.2 Å². The first-order chi connectivity index (χ1) is 7.19. The van der Waals surface area contributed by atoms with Crippen molar-refractivity contribution in [1.29, 1.82) is 0 Å². The summed E-state index contributed by atoms with van der Waals surface area (Å²) >= 11 is 0. The van der Waals surface area contributed by atoms with Gasteiger partial charge in [0.05, 0.1) is 24.9 Å². The molecule has 0 aromatic carbocycles. The number of carboxylic acids is 1. The lowest BCUT2D eigenvalue weighted by Gasteiger charge is -2.10. The maximum Gasteiger partial charge on any atom is 0.312 e. The third-order valence-corrected chi connectivity index (χ3v) is 2.23. The highest BCUT2D eigenvalue weighted by atomic mass is 16.5. The van der Waals surface area contributed by atoms with Gasteiger partial charge in [0.25, 0.3) is 0 Å². The molecule has 1 heterocycles. The van der Waals surface area contributed by atoms with Crippen LogP contribution in [0, 0.1) is 0 Å². The molecule has 0 aliphatic heterocycles. The standard InChI is InChI=1S/C11H15NO3/c1-3-4-9(11(13)14)10-6-5-8(15-2)7-12-10/h5-7,9H,3-4H2,1-2H3,(H,13,14). The van der Waals surface area contributed by atoms with Crippen LogP contribution in [-0.2, 0) is 4.79 Å². The number of aliphatic carboxylic acids is 1. The van der Waals surface area contributed by atoms with Crippen molar-refractivity contribution >= 4 is 5.97 Å². The SMILES string of the molecule is CCCC(C(=O)O)c1ccc(OC)cn1. The van der Waals surface area contributed by atoms with Gasteiger partial charge in [-0.3, -0.25) is 9.78 Å². The maximum atomic E-state index is 11.0. The highest BCUT2D eigenvalue weighted by Crippen LogP contribution is 2.21. The maximum absolute atomic E-state index is 11.0. The lowest BCUT2D eigenvalue weighted by molar-refractivity contribution is -0.139. The van der Waals surface area contributed by atoms with Gasteiger partial charge in [0.2, 0.25) is 0 Å². The molecular weight excluding hydrogens is 194 g/mol. The molecule has 0 spiro atoms. The Kier molecular flexibility index (Phi) is 4.09. The quantitative estimate of drug-likeness (QED) is 0.806. The van der Waals surface area contributed by atoms with E-state index < -0.39 is 11.9 Å². The largest absolute Gasteiger partial charge is 0.495 e. The molecule has 0 saturated carbocycles. The Morgan fingerprint density at radius 1 is 1.60 bits per heavy atom. The zero-order valence-corrected chi connectivity index (χ0v) is 8.93. The van der Waals surface area contributed by atoms with Gasteiger partial charge in [0.15, 0.2) is 0 Å². The van der Waals surface area contributed by atoms with E-state index >= 15 is 0 Å². The van der Waals surface area contributed by atoms with E-state index in [1.807, 2.05) is 6.92 Å². The molecular formula is C11H15NO3. The number of hydrogen-bond donors (Lipinski definition) is 1. The predicted octanol–water partition coefficient (Wildman–Crippen LogP) is 2.06. The summed E-state index contributed by atoms with van der Waals surface area (Å²) in [6, 6.07) is 3.43. The minimum atomic E-state index is -0.825. The summed E-state index contributed by atoms with van der Waals surface area (Å²) in [5.74, 6) is -0.699. The van der Waals surface area contributed by atoms with Crippen LogP contribution < -0.4 is 4.74 Å². The molecule has 1 N–H and O–H groups in total. The first-order valence-electron chi connectivity index (χ1n) is 4.91. The normalized spacial score (nSPS) is 12.1. The van der Waals surface area contributed by atoms with Gasteiger partial charge in [0.1, 0.15) is 5.75 Å². The molecule has 82 valence electrons. The van der Waals surface area contributed by atoms with Crippen molar-refractivity contribution in [2.75, 3.05) is 7.11 Å². The fourth-order valence-electron chi connectivity index (χ4n) is 1.41. The van der Waals surface area contributed by atoms with Gasteiger partial charge >= 0.3 is 5.97 Å². The second kappa shape index (κ2) is 5.34. The first kappa shape index (κ1) is 11.5. The Morgan fingerprint density at radius 3 is 2.73 bits per heavy atom. The van der Waals surface area contributed by atoms with E-state index in [0.717, 1.165) is 6.42 Å². The average molecular weight is 209 g/mol. The molecule has 4 nitrogen and oxygen atoms in total. The topological polar surface area (TPSA) is 59.4 Å². The van der Waals surface area contributed by atoms with Gasteiger partial charge in [-0.1, -0.05) is 13.3 Å². The van der Waals surface area contributed by atoms with E-state index in [9.17, 15) is 4.79 Å². The second-order valence-corrected chi connectivity index (χ2v) is 3.30. The molecule has 15 heavy (non-hydrogen) atoms. The lowest BCUT2D eigenvalue weighted by Crippen LogP contribution is -2.12. The zero-order chi connectivity index (χ0) is 11.3. The van der Waals surface area contributed by atoms with E-state index in [4.69, 9.17) is 9.84 Å². The summed E-state index contributed by atoms with van der Waals surface area (Å²) in [5.41, 5.74) is 0.588. The Bertz CT molecular complexity index is 321. The van der Waals surface area contributed by atoms with E-state index in [1.54, 1.807) is 25.4 Å². The molecule has 4 heteroatoms. The Hall–Kier alpha value is -1.58. The second-order valence-electron chi connectivity index (χ2n) is 3.30. The van der Waals surface area contributed by atoms with Crippen molar-refractivity contribution in [3.63, 3.8) is 0 Å². The molecule has 0 fully saturated rings. The summed E-state index contributed by atoms with van der Waals surface area (Å²) in [6.07, 6.45) is 2.97. The number of pyridine rings is 1. The minimum absolute atomic E-state index is 0.513. The molecule has 0 aliphatic rings. The number of rotatable bonds is 5. The average Bonchev–Trinajstić information content (AvgIpc) is 2.26. The molecule has 0 amide bonds. The summed E-state index contributed by atoms with van der Waals surface area (Å²) < 4.78 is 4.96. The fraction of sp³-hybridized carbons (Fsp3) is 0.455. The van der Waals surface area contributed by atoms with Crippen molar-refractivity contribution in [2.24, 2.45) is 0 Å². The molecule has 0 radical (unpaired) electrons. The molecule has 1 rings (SSSR count). The highest BCUT2D eigenvalue weighted by Gasteiger charge is 2.19. The molecule has 0 bridgehead atoms. The smallest absolute Gasteiger partial charge is 0.312 e. The van der Waals surface area contributed by atoms with Crippen LogP contribution in [0.3, 0.4) is 0 Å². The van der Waals surface area contributed by atoms with E-state index in [0.29, 0.717) is 17.9 Å². The van der Waals surface area contributed by atoms with Gasteiger partial charge in [-0.25, -0.2) is 0 Å². The fourth-order valence-corrected chi connectivity index (χ4v) is 1.41. The van der Waals surface area contributed by atoms with Gasteiger partial charge in [-0.15, -0.1) is 0 Å². The number of carboxylic acid groups (broad SMARTS) is 1. The third-order valence-electron chi connectivity index (χ3n) is 2.23. The van der Waals surface area contributed by atoms with Crippen molar-refractivity contribution in [1.82, 2.24) is 4.98 Å². The van der Waals surface area contributed by atoms with E-state index in [1.165, 1.54) is 0 Å². The summed E-state index contributed by atoms with van der Waals surface area (Å²) in [6.45, 7) is 1.96. The van der Waals surface area contributed by atoms with E-state index in [2.05, 4.69) is 4.98 Å². The van der Waals surface area contributed by atoms with Crippen LogP contribution in [0.2, 0.25) is 0 Å². The van der Waals surface area contributed by atoms with Crippen molar-refractivity contribution in [3.8, 4) is 5.75 Å². The predicted molar refractivity (Wildman–Crippen MR) is 56.1 cm³/mol. The third kappa shape index (κ3) is 2.94. The number of aromatic nitrogens is 1. The molecule has 1 aromatic heterocycles. The Balaban J connectivity index is 2.86. The van der Waals surface area contributed by atoms with Gasteiger partial charge in [0, 0.05) is 0 Å². The van der Waals surface area contributed by atoms with Crippen LogP contribution in [0.4, 0.5) is 0 Å². The number of nitrogens with zero attached hydrogens (tertiary/aromatic N) is 1. The summed E-state index contributed by atoms with van der Waals surface area (Å²) in [7, 11) is 1.55. The van der Waals surface area contributed by atoms with Crippen molar-refractivity contribution in [3.05, 3.63) is 24.0 Å². The Morgan fingerprint density at radius 2 is 2.33 bits per heavy atom. The first-order valence-corrected chi connectivity index (χ1v) is 4.91. The van der Waals surface area contributed by atoms with Crippen LogP contribution in [0.25, 0.3) is 0 Å². The zero-order valence-electron chi connectivity index (χ0n) is 8.93. The van der Waals surface area contributed by atoms with Gasteiger partial charge in [-0.2, -0.15) is 0 Å². The number of ether oxygens (including phenoxy) is 1. The molecule has 0 saturated heterocycles. The molecule has 1 aromatic rings. The Labute approximate surface area is 88.9 Å². The van der Waals surface area contributed by atoms with Crippen molar-refractivity contribution < 1.29 is 14.6 Å².